The van der Waals surface area contributed by atoms with Crippen molar-refractivity contribution in [3.05, 3.63) is 58.7 Å². The van der Waals surface area contributed by atoms with Crippen molar-refractivity contribution in [3.63, 3.8) is 0 Å². The van der Waals surface area contributed by atoms with Crippen LogP contribution < -0.4 is 14.8 Å². The summed E-state index contributed by atoms with van der Waals surface area (Å²) in [6.07, 6.45) is 0. The molecule has 0 amide bonds. The Morgan fingerprint density at radius 2 is 1.60 bits per heavy atom. The Hall–Kier alpha value is -2.50. The maximum Gasteiger partial charge on any atom is 0.163 e. The minimum absolute atomic E-state index is 0.330. The number of nitrogens with one attached hydrogen (secondary N) is 1. The van der Waals surface area contributed by atoms with E-state index in [0.29, 0.717) is 39.0 Å². The van der Waals surface area contributed by atoms with E-state index in [4.69, 9.17) is 32.7 Å². The second kappa shape index (κ2) is 7.59. The molecule has 0 unspecified atom stereocenters. The number of nitrogens with zero attached hydrogens (tertiary/aromatic N) is 2. The summed E-state index contributed by atoms with van der Waals surface area (Å²) in [5.41, 5.74) is 1.52. The van der Waals surface area contributed by atoms with Crippen LogP contribution in [0, 0.1) is 0 Å². The third-order valence-corrected chi connectivity index (χ3v) is 3.95. The molecule has 5 nitrogen and oxygen atoms in total. The normalized spacial score (nSPS) is 10.4. The molecule has 3 rings (SSSR count). The Labute approximate surface area is 155 Å². The fourth-order valence-electron chi connectivity index (χ4n) is 2.29. The first kappa shape index (κ1) is 17.3. The highest BCUT2D eigenvalue weighted by molar-refractivity contribution is 6.32. The van der Waals surface area contributed by atoms with Crippen LogP contribution in [0.15, 0.2) is 48.5 Å². The van der Waals surface area contributed by atoms with Crippen molar-refractivity contribution in [2.24, 2.45) is 0 Å². The van der Waals surface area contributed by atoms with E-state index in [1.54, 1.807) is 32.4 Å². The highest BCUT2D eigenvalue weighted by Gasteiger charge is 2.12. The Kier molecular flexibility index (Phi) is 5.26. The summed E-state index contributed by atoms with van der Waals surface area (Å²) in [6.45, 7) is 0. The van der Waals surface area contributed by atoms with Gasteiger partial charge in [0.1, 0.15) is 22.5 Å². The van der Waals surface area contributed by atoms with E-state index in [9.17, 15) is 0 Å². The average Bonchev–Trinajstić information content (AvgIpc) is 2.63. The molecule has 1 aromatic heterocycles. The van der Waals surface area contributed by atoms with Gasteiger partial charge in [-0.15, -0.1) is 0 Å². The number of hydrogen-bond donors (Lipinski definition) is 1. The molecule has 0 saturated heterocycles. The lowest BCUT2D eigenvalue weighted by Crippen LogP contribution is -2.00. The summed E-state index contributed by atoms with van der Waals surface area (Å²) in [7, 11) is 3.11. The standard InChI is InChI=1S/C18H15Cl2N3O2/c1-24-14-9-13(15(25-2)8-12(14)19)21-17-10-16(20)22-18(23-17)11-6-4-3-5-7-11/h3-10H,1-2H3,(H,21,22,23). The van der Waals surface area contributed by atoms with Crippen LogP contribution in [0.3, 0.4) is 0 Å². The lowest BCUT2D eigenvalue weighted by atomic mass is 10.2. The third-order valence-electron chi connectivity index (χ3n) is 3.46. The van der Waals surface area contributed by atoms with Crippen molar-refractivity contribution >= 4 is 34.7 Å². The van der Waals surface area contributed by atoms with Crippen molar-refractivity contribution in [3.8, 4) is 22.9 Å². The summed E-state index contributed by atoms with van der Waals surface area (Å²) < 4.78 is 10.6. The Morgan fingerprint density at radius 1 is 0.880 bits per heavy atom. The minimum atomic E-state index is 0.330. The second-order valence-electron chi connectivity index (χ2n) is 5.08. The quantitative estimate of drug-likeness (QED) is 0.620. The fraction of sp³-hybridized carbons (Fsp3) is 0.111. The first-order valence-electron chi connectivity index (χ1n) is 7.39. The first-order chi connectivity index (χ1) is 12.1. The molecule has 0 aliphatic heterocycles. The third kappa shape index (κ3) is 3.95. The summed E-state index contributed by atoms with van der Waals surface area (Å²) in [6, 6.07) is 14.6. The van der Waals surface area contributed by atoms with Gasteiger partial charge in [0.25, 0.3) is 0 Å². The van der Waals surface area contributed by atoms with Crippen LogP contribution in [0.2, 0.25) is 10.2 Å². The van der Waals surface area contributed by atoms with E-state index in [0.717, 1.165) is 5.56 Å². The number of aromatic nitrogens is 2. The summed E-state index contributed by atoms with van der Waals surface area (Å²) in [5.74, 6) is 2.13. The van der Waals surface area contributed by atoms with Crippen molar-refractivity contribution in [1.82, 2.24) is 9.97 Å². The molecule has 0 saturated carbocycles. The Bertz CT molecular complexity index is 889. The zero-order valence-electron chi connectivity index (χ0n) is 13.6. The molecular formula is C18H15Cl2N3O2. The van der Waals surface area contributed by atoms with Crippen LogP contribution in [0.4, 0.5) is 11.5 Å². The van der Waals surface area contributed by atoms with E-state index in [-0.39, 0.29) is 0 Å². The van der Waals surface area contributed by atoms with Gasteiger partial charge in [0.15, 0.2) is 5.82 Å². The van der Waals surface area contributed by atoms with Gasteiger partial charge in [-0.1, -0.05) is 53.5 Å². The number of methoxy groups -OCH3 is 2. The van der Waals surface area contributed by atoms with Crippen LogP contribution in [-0.2, 0) is 0 Å². The molecule has 0 radical (unpaired) electrons. The van der Waals surface area contributed by atoms with Gasteiger partial charge in [-0.2, -0.15) is 0 Å². The van der Waals surface area contributed by atoms with Crippen LogP contribution >= 0.6 is 23.2 Å². The van der Waals surface area contributed by atoms with Gasteiger partial charge in [-0.25, -0.2) is 9.97 Å². The Balaban J connectivity index is 2.00. The molecule has 0 atom stereocenters. The molecule has 0 spiro atoms. The predicted molar refractivity (Wildman–Crippen MR) is 100 cm³/mol. The minimum Gasteiger partial charge on any atom is -0.495 e. The average molecular weight is 376 g/mol. The predicted octanol–water partition coefficient (Wildman–Crippen LogP) is 5.21. The monoisotopic (exact) mass is 375 g/mol. The SMILES string of the molecule is COc1cc(Nc2cc(Cl)nc(-c3ccccc3)n2)c(OC)cc1Cl. The van der Waals surface area contributed by atoms with Gasteiger partial charge in [-0.3, -0.25) is 0 Å². The van der Waals surface area contributed by atoms with Gasteiger partial charge < -0.3 is 14.8 Å². The van der Waals surface area contributed by atoms with Crippen molar-refractivity contribution < 1.29 is 9.47 Å². The van der Waals surface area contributed by atoms with Crippen LogP contribution in [0.1, 0.15) is 0 Å². The maximum absolute atomic E-state index is 6.16. The van der Waals surface area contributed by atoms with Gasteiger partial charge in [-0.05, 0) is 0 Å². The van der Waals surface area contributed by atoms with Gasteiger partial charge in [0.05, 0.1) is 24.9 Å². The number of hydrogen-bond acceptors (Lipinski definition) is 5. The molecule has 7 heteroatoms. The Morgan fingerprint density at radius 3 is 2.28 bits per heavy atom. The molecule has 0 aliphatic carbocycles. The molecule has 1 N–H and O–H groups in total. The first-order valence-corrected chi connectivity index (χ1v) is 8.15. The molecule has 2 aromatic carbocycles. The lowest BCUT2D eigenvalue weighted by Gasteiger charge is -2.14. The van der Waals surface area contributed by atoms with E-state index in [1.165, 1.54) is 0 Å². The van der Waals surface area contributed by atoms with Gasteiger partial charge >= 0.3 is 0 Å². The van der Waals surface area contributed by atoms with E-state index in [2.05, 4.69) is 15.3 Å². The maximum atomic E-state index is 6.16. The van der Waals surface area contributed by atoms with E-state index in [1.807, 2.05) is 30.3 Å². The largest absolute Gasteiger partial charge is 0.495 e. The lowest BCUT2D eigenvalue weighted by molar-refractivity contribution is 0.405. The van der Waals surface area contributed by atoms with E-state index >= 15 is 0 Å². The molecule has 3 aromatic rings. The molecule has 25 heavy (non-hydrogen) atoms. The summed E-state index contributed by atoms with van der Waals surface area (Å²) in [4.78, 5) is 8.79. The van der Waals surface area contributed by atoms with Crippen LogP contribution in [0.5, 0.6) is 11.5 Å². The number of ether oxygens (including phenoxy) is 2. The molecular weight excluding hydrogens is 361 g/mol. The molecule has 1 heterocycles. The fourth-order valence-corrected chi connectivity index (χ4v) is 2.71. The topological polar surface area (TPSA) is 56.3 Å². The smallest absolute Gasteiger partial charge is 0.163 e. The zero-order chi connectivity index (χ0) is 17.8. The highest BCUT2D eigenvalue weighted by atomic mass is 35.5. The van der Waals surface area contributed by atoms with Gasteiger partial charge in [0.2, 0.25) is 0 Å². The zero-order valence-corrected chi connectivity index (χ0v) is 15.1. The molecule has 128 valence electrons. The van der Waals surface area contributed by atoms with Crippen molar-refractivity contribution in [2.75, 3.05) is 19.5 Å². The van der Waals surface area contributed by atoms with E-state index < -0.39 is 0 Å². The molecule has 0 bridgehead atoms. The summed E-state index contributed by atoms with van der Waals surface area (Å²) >= 11 is 12.3. The summed E-state index contributed by atoms with van der Waals surface area (Å²) in [5, 5.41) is 3.96. The number of rotatable bonds is 5. The molecule has 0 aliphatic rings. The molecule has 0 fully saturated rings. The number of halogens is 2. The van der Waals surface area contributed by atoms with Crippen molar-refractivity contribution in [2.45, 2.75) is 0 Å². The van der Waals surface area contributed by atoms with Crippen LogP contribution in [0.25, 0.3) is 11.4 Å². The van der Waals surface area contributed by atoms with Gasteiger partial charge in [0, 0.05) is 23.8 Å². The second-order valence-corrected chi connectivity index (χ2v) is 5.87. The highest BCUT2D eigenvalue weighted by Crippen LogP contribution is 2.37. The van der Waals surface area contributed by atoms with Crippen LogP contribution in [-0.4, -0.2) is 24.2 Å². The number of benzene rings is 2. The van der Waals surface area contributed by atoms with Crippen molar-refractivity contribution in [1.29, 1.82) is 0 Å². The number of anilines is 2.